The van der Waals surface area contributed by atoms with Crippen molar-refractivity contribution < 1.29 is 65.5 Å². The molecule has 0 atom stereocenters. The van der Waals surface area contributed by atoms with Crippen LogP contribution in [0.4, 0.5) is 4.39 Å². The van der Waals surface area contributed by atoms with Crippen molar-refractivity contribution in [1.82, 2.24) is 10.0 Å². The van der Waals surface area contributed by atoms with Crippen molar-refractivity contribution in [2.24, 2.45) is 0 Å². The van der Waals surface area contributed by atoms with Gasteiger partial charge in [0.25, 0.3) is 11.7 Å². The maximum absolute atomic E-state index is 13.6. The molecule has 1 saturated carbocycles. The number of ether oxygens (including phenoxy) is 5. The second kappa shape index (κ2) is 21.7. The average molecular weight is 827 g/mol. The first-order valence-electron chi connectivity index (χ1n) is 18.7. The fraction of sp³-hybridized carbons (Fsp3) is 0.390. The van der Waals surface area contributed by atoms with Crippen molar-refractivity contribution >= 4 is 44.4 Å². The van der Waals surface area contributed by atoms with Gasteiger partial charge in [0.2, 0.25) is 10.0 Å². The second-order valence-corrected chi connectivity index (χ2v) is 15.1. The lowest BCUT2D eigenvalue weighted by atomic mass is 9.98. The second-order valence-electron chi connectivity index (χ2n) is 13.3. The maximum atomic E-state index is 13.6. The topological polar surface area (TPSA) is 209 Å². The number of carboxylic acids is 1. The third-order valence-corrected chi connectivity index (χ3v) is 10.3. The highest BCUT2D eigenvalue weighted by Gasteiger charge is 2.31. The highest BCUT2D eigenvalue weighted by Crippen LogP contribution is 2.45. The number of carboxylic acid groups (broad SMARTS) is 1. The zero-order valence-electron chi connectivity index (χ0n) is 32.0. The monoisotopic (exact) mass is 826 g/mol. The Bertz CT molecular complexity index is 2150. The van der Waals surface area contributed by atoms with E-state index in [1.165, 1.54) is 31.3 Å². The van der Waals surface area contributed by atoms with Gasteiger partial charge in [-0.1, -0.05) is 24.3 Å². The Kier molecular flexibility index (Phi) is 16.5. The summed E-state index contributed by atoms with van der Waals surface area (Å²) in [6.07, 6.45) is 2.48. The zero-order chi connectivity index (χ0) is 41.5. The molecule has 5 rings (SSSR count). The highest BCUT2D eigenvalue weighted by molar-refractivity contribution is 7.88. The van der Waals surface area contributed by atoms with Crippen LogP contribution in [0.25, 0.3) is 28.1 Å². The predicted octanol–water partition coefficient (Wildman–Crippen LogP) is 4.73. The molecule has 0 aliphatic heterocycles. The van der Waals surface area contributed by atoms with E-state index in [0.29, 0.717) is 92.2 Å². The summed E-state index contributed by atoms with van der Waals surface area (Å²) in [5, 5.41) is 21.7. The SMILES string of the molecule is CNC(=O)c1c(-c2ccc(F)cc2)oc2cc(CS(=O)(=O)NCCOCCOCCOCCOCCOCc3ccc(/C(O)=C/C(=O)C(=O)O)cc3)c(C3CC3)cc12. The number of ketones is 1. The van der Waals surface area contributed by atoms with E-state index in [1.54, 1.807) is 30.3 Å². The van der Waals surface area contributed by atoms with E-state index in [-0.39, 0.29) is 43.1 Å². The Morgan fingerprint density at radius 2 is 1.41 bits per heavy atom. The van der Waals surface area contributed by atoms with Crippen LogP contribution in [0.15, 0.2) is 71.2 Å². The number of carbonyl (C=O) groups is 3. The molecule has 1 amide bonds. The largest absolute Gasteiger partial charge is 0.507 e. The van der Waals surface area contributed by atoms with E-state index in [2.05, 4.69) is 10.0 Å². The van der Waals surface area contributed by atoms with Gasteiger partial charge >= 0.3 is 5.97 Å². The minimum atomic E-state index is -3.74. The van der Waals surface area contributed by atoms with Crippen LogP contribution in [0.3, 0.4) is 0 Å². The third-order valence-electron chi connectivity index (χ3n) is 8.93. The summed E-state index contributed by atoms with van der Waals surface area (Å²) in [6, 6.07) is 15.7. The van der Waals surface area contributed by atoms with E-state index in [0.717, 1.165) is 24.0 Å². The van der Waals surface area contributed by atoms with Crippen molar-refractivity contribution in [3.05, 3.63) is 100 Å². The van der Waals surface area contributed by atoms with Crippen molar-refractivity contribution in [3.63, 3.8) is 0 Å². The summed E-state index contributed by atoms with van der Waals surface area (Å²) < 4.78 is 76.1. The lowest BCUT2D eigenvalue weighted by molar-refractivity contribution is -0.146. The van der Waals surface area contributed by atoms with Gasteiger partial charge in [-0.15, -0.1) is 0 Å². The number of amides is 1. The summed E-state index contributed by atoms with van der Waals surface area (Å²) in [5.74, 6) is -3.88. The first kappa shape index (κ1) is 44.1. The van der Waals surface area contributed by atoms with E-state index < -0.39 is 33.4 Å². The first-order chi connectivity index (χ1) is 28.0. The molecule has 0 unspecified atom stereocenters. The number of rotatable bonds is 26. The fourth-order valence-electron chi connectivity index (χ4n) is 5.89. The molecular formula is C41H47FN2O13S. The van der Waals surface area contributed by atoms with Crippen molar-refractivity contribution in [1.29, 1.82) is 0 Å². The summed E-state index contributed by atoms with van der Waals surface area (Å²) in [4.78, 5) is 34.8. The molecule has 4 N–H and O–H groups in total. The van der Waals surface area contributed by atoms with Gasteiger partial charge in [0.15, 0.2) is 0 Å². The molecule has 58 heavy (non-hydrogen) atoms. The molecule has 15 nitrogen and oxygen atoms in total. The minimum absolute atomic E-state index is 0.0751. The Hall–Kier alpha value is -5.01. The van der Waals surface area contributed by atoms with Crippen LogP contribution >= 0.6 is 0 Å². The summed E-state index contributed by atoms with van der Waals surface area (Å²) in [6.45, 7) is 3.25. The Balaban J connectivity index is 0.916. The van der Waals surface area contributed by atoms with Gasteiger partial charge in [-0.25, -0.2) is 22.3 Å². The average Bonchev–Trinajstić information content (AvgIpc) is 3.99. The number of furan rings is 1. The normalized spacial score (nSPS) is 13.2. The van der Waals surface area contributed by atoms with Crippen molar-refractivity contribution in [3.8, 4) is 11.3 Å². The zero-order valence-corrected chi connectivity index (χ0v) is 32.8. The molecule has 312 valence electrons. The summed E-state index contributed by atoms with van der Waals surface area (Å²) in [7, 11) is -2.22. The van der Waals surface area contributed by atoms with E-state index in [9.17, 15) is 32.3 Å². The number of fused-ring (bicyclic) bond motifs is 1. The van der Waals surface area contributed by atoms with Gasteiger partial charge < -0.3 is 43.6 Å². The van der Waals surface area contributed by atoms with E-state index in [4.69, 9.17) is 33.2 Å². The van der Waals surface area contributed by atoms with E-state index >= 15 is 0 Å². The van der Waals surface area contributed by atoms with Crippen LogP contribution in [-0.4, -0.2) is 109 Å². The molecular weight excluding hydrogens is 780 g/mol. The van der Waals surface area contributed by atoms with Crippen LogP contribution in [0.1, 0.15) is 51.4 Å². The number of aliphatic carboxylic acids is 1. The van der Waals surface area contributed by atoms with Gasteiger partial charge in [-0.2, -0.15) is 0 Å². The van der Waals surface area contributed by atoms with Gasteiger partial charge in [0.05, 0.1) is 77.4 Å². The Labute approximate surface area is 335 Å². The van der Waals surface area contributed by atoms with Crippen LogP contribution < -0.4 is 10.0 Å². The number of aliphatic hydroxyl groups excluding tert-OH is 1. The molecule has 1 fully saturated rings. The van der Waals surface area contributed by atoms with Gasteiger partial charge in [0.1, 0.15) is 22.9 Å². The van der Waals surface area contributed by atoms with Gasteiger partial charge in [0, 0.05) is 36.2 Å². The molecule has 1 aromatic heterocycles. The molecule has 0 spiro atoms. The molecule has 1 heterocycles. The molecule has 3 aromatic carbocycles. The molecule has 4 aromatic rings. The van der Waals surface area contributed by atoms with Crippen molar-refractivity contribution in [2.45, 2.75) is 31.1 Å². The number of nitrogens with one attached hydrogen (secondary N) is 2. The van der Waals surface area contributed by atoms with E-state index in [1.807, 2.05) is 6.07 Å². The lowest BCUT2D eigenvalue weighted by Crippen LogP contribution is -2.29. The van der Waals surface area contributed by atoms with Gasteiger partial charge in [-0.3, -0.25) is 9.59 Å². The quantitative estimate of drug-likeness (QED) is 0.0293. The maximum Gasteiger partial charge on any atom is 0.376 e. The molecule has 17 heteroatoms. The molecule has 0 saturated heterocycles. The van der Waals surface area contributed by atoms with Crippen molar-refractivity contribution in [2.75, 3.05) is 73.1 Å². The number of hydrogen-bond donors (Lipinski definition) is 4. The Morgan fingerprint density at radius 3 is 1.98 bits per heavy atom. The number of sulfonamides is 1. The standard InChI is InChI=1S/C41H47FN2O13S/c1-43-40(47)38-34-23-33(28-6-7-28)31(22-37(34)57-39(38)30-8-10-32(42)11-9-30)26-58(50,51)44-12-13-52-14-15-53-16-17-54-18-19-55-20-21-56-25-27-2-4-29(5-3-27)35(45)24-36(46)41(48)49/h2-5,8-11,22-24,28,44-45H,6-7,12-21,25-26H2,1H3,(H,43,47)(H,48,49)/b35-24-. The predicted molar refractivity (Wildman–Crippen MR) is 210 cm³/mol. The molecule has 1 aliphatic rings. The number of halogens is 1. The van der Waals surface area contributed by atoms with Crippen LogP contribution in [0.2, 0.25) is 0 Å². The molecule has 0 radical (unpaired) electrons. The Morgan fingerprint density at radius 1 is 0.828 bits per heavy atom. The minimum Gasteiger partial charge on any atom is -0.507 e. The van der Waals surface area contributed by atoms with Crippen LogP contribution in [0, 0.1) is 5.82 Å². The number of hydrogen-bond acceptors (Lipinski definition) is 12. The first-order valence-corrected chi connectivity index (χ1v) is 20.3. The number of carbonyl (C=O) groups excluding carboxylic acids is 2. The van der Waals surface area contributed by atoms with Gasteiger partial charge in [-0.05, 0) is 71.8 Å². The summed E-state index contributed by atoms with van der Waals surface area (Å²) in [5.41, 5.74) is 3.79. The number of benzene rings is 3. The van der Waals surface area contributed by atoms with Crippen LogP contribution in [0.5, 0.6) is 0 Å². The highest BCUT2D eigenvalue weighted by atomic mass is 32.2. The van der Waals surface area contributed by atoms with Crippen LogP contribution in [-0.2, 0) is 55.7 Å². The summed E-state index contributed by atoms with van der Waals surface area (Å²) >= 11 is 0. The smallest absolute Gasteiger partial charge is 0.376 e. The molecule has 1 aliphatic carbocycles. The fourth-order valence-corrected chi connectivity index (χ4v) is 7.05. The number of aliphatic hydroxyl groups is 1. The third kappa shape index (κ3) is 13.3. The molecule has 0 bridgehead atoms. The lowest BCUT2D eigenvalue weighted by Gasteiger charge is -2.12.